The molecule has 0 unspecified atom stereocenters. The van der Waals surface area contributed by atoms with Crippen LogP contribution in [0, 0.1) is 0 Å². The molecule has 0 saturated carbocycles. The molecule has 0 heterocycles. The fourth-order valence-electron chi connectivity index (χ4n) is 0.0695. The molecule has 7 heavy (non-hydrogen) atoms. The molecule has 0 aliphatic carbocycles. The summed E-state index contributed by atoms with van der Waals surface area (Å²) in [5, 5.41) is 0. The first-order valence-electron chi connectivity index (χ1n) is 1.38. The van der Waals surface area contributed by atoms with E-state index in [1.807, 2.05) is 0 Å². The Kier molecular flexibility index (Phi) is 3.40. The number of hydroxylamine groups is 1. The quantitative estimate of drug-likeness (QED) is 0.367. The van der Waals surface area contributed by atoms with Crippen LogP contribution in [0.1, 0.15) is 0 Å². The Bertz CT molecular complexity index is 83.0. The summed E-state index contributed by atoms with van der Waals surface area (Å²) >= 11 is 0. The third kappa shape index (κ3) is 5.49. The van der Waals surface area contributed by atoms with Gasteiger partial charge in [0.1, 0.15) is 0 Å². The highest BCUT2D eigenvalue weighted by Crippen LogP contribution is 1.84. The molecule has 0 atom stereocenters. The van der Waals surface area contributed by atoms with Crippen LogP contribution in [0.25, 0.3) is 0 Å². The summed E-state index contributed by atoms with van der Waals surface area (Å²) in [6.45, 7) is 0. The van der Waals surface area contributed by atoms with Crippen molar-refractivity contribution in [2.24, 2.45) is 0 Å². The molecule has 0 aliphatic rings. The van der Waals surface area contributed by atoms with E-state index in [9.17, 15) is 9.36 Å². The summed E-state index contributed by atoms with van der Waals surface area (Å²) in [4.78, 5) is 9.71. The van der Waals surface area contributed by atoms with Crippen molar-refractivity contribution in [3.05, 3.63) is 0 Å². The number of rotatable bonds is 2. The Morgan fingerprint density at radius 1 is 1.86 bits per heavy atom. The number of hydrogen-bond acceptors (Lipinski definition) is 3. The molecule has 0 aromatic rings. The minimum Gasteiger partial charge on any atom is -0.272 e. The van der Waals surface area contributed by atoms with Crippen LogP contribution in [0.3, 0.4) is 0 Å². The molecule has 0 aliphatic heterocycles. The average Bonchev–Trinajstić information content (AvgIpc) is 1.61. The molecule has 0 rings (SSSR count). The van der Waals surface area contributed by atoms with Crippen molar-refractivity contribution >= 4 is 14.7 Å². The van der Waals surface area contributed by atoms with Gasteiger partial charge >= 0.3 is 14.7 Å². The molecule has 6 heteroatoms. The van der Waals surface area contributed by atoms with E-state index in [0.29, 0.717) is 0 Å². The summed E-state index contributed by atoms with van der Waals surface area (Å²) < 4.78 is 13.2. The van der Waals surface area contributed by atoms with E-state index in [-0.39, 0.29) is 0 Å². The smallest absolute Gasteiger partial charge is 0.272 e. The van der Waals surface area contributed by atoms with E-state index in [0.717, 1.165) is 0 Å². The Morgan fingerprint density at radius 2 is 2.43 bits per heavy atom. The van der Waals surface area contributed by atoms with Gasteiger partial charge in [0.2, 0.25) is 0 Å². The lowest BCUT2D eigenvalue weighted by atomic mass is 11.2. The minimum atomic E-state index is -0.622. The predicted molar refractivity (Wildman–Crippen MR) is 20.1 cm³/mol. The highest BCUT2D eigenvalue weighted by Gasteiger charge is 1.90. The van der Waals surface area contributed by atoms with E-state index in [1.54, 1.807) is 5.48 Å². The Labute approximate surface area is 41.1 Å². The molecule has 2 amide bonds. The van der Waals surface area contributed by atoms with Crippen LogP contribution >= 0.6 is 8.69 Å². The first-order chi connectivity index (χ1) is 3.27. The van der Waals surface area contributed by atoms with Crippen molar-refractivity contribution in [3.8, 4) is 0 Å². The van der Waals surface area contributed by atoms with Crippen molar-refractivity contribution in [2.75, 3.05) is 0 Å². The number of nitrogens with one attached hydrogen (secondary N) is 1. The van der Waals surface area contributed by atoms with Crippen LogP contribution in [0.15, 0.2) is 0 Å². The van der Waals surface area contributed by atoms with Gasteiger partial charge in [-0.05, 0) is 0 Å². The van der Waals surface area contributed by atoms with Gasteiger partial charge in [0.15, 0.2) is 0 Å². The average molecular weight is 123 g/mol. The van der Waals surface area contributed by atoms with Crippen molar-refractivity contribution in [1.29, 1.82) is 0 Å². The van der Waals surface area contributed by atoms with Gasteiger partial charge in [-0.15, -0.1) is 0 Å². The first-order valence-corrected chi connectivity index (χ1v) is 2.11. The van der Waals surface area contributed by atoms with Crippen LogP contribution in [-0.2, 0) is 9.19 Å². The van der Waals surface area contributed by atoms with Crippen LogP contribution in [0.2, 0.25) is 0 Å². The Balaban J connectivity index is 2.97. The van der Waals surface area contributed by atoms with Gasteiger partial charge in [0.25, 0.3) is 0 Å². The SMILES string of the molecule is [NH3+]C(=O)NOP=O. The topological polar surface area (TPSA) is 83.0 Å². The number of carbonyl (C=O) groups excluding carboxylic acids is 1. The summed E-state index contributed by atoms with van der Waals surface area (Å²) in [5.41, 5.74) is 4.58. The molecule has 4 N–H and O–H groups in total. The lowest BCUT2D eigenvalue weighted by Crippen LogP contribution is -2.62. The van der Waals surface area contributed by atoms with Gasteiger partial charge < -0.3 is 0 Å². The van der Waals surface area contributed by atoms with Gasteiger partial charge in [0, 0.05) is 0 Å². The number of carbonyl (C=O) groups is 1. The summed E-state index contributed by atoms with van der Waals surface area (Å²) in [5.74, 6) is 0. The van der Waals surface area contributed by atoms with Gasteiger partial charge in [-0.25, -0.2) is 9.36 Å². The molecule has 0 saturated heterocycles. The van der Waals surface area contributed by atoms with Gasteiger partial charge in [-0.1, -0.05) is 0 Å². The Morgan fingerprint density at radius 3 is 2.57 bits per heavy atom. The van der Waals surface area contributed by atoms with E-state index >= 15 is 0 Å². The second-order valence-corrected chi connectivity index (χ2v) is 1.02. The lowest BCUT2D eigenvalue weighted by Gasteiger charge is -1.83. The lowest BCUT2D eigenvalue weighted by molar-refractivity contribution is -0.258. The zero-order valence-electron chi connectivity index (χ0n) is 3.38. The minimum absolute atomic E-state index is 0.582. The second kappa shape index (κ2) is 3.67. The number of quaternary nitrogens is 1. The largest absolute Gasteiger partial charge is 0.436 e. The fraction of sp³-hybridized carbons (Fsp3) is 0. The number of amides is 2. The van der Waals surface area contributed by atoms with E-state index in [4.69, 9.17) is 0 Å². The van der Waals surface area contributed by atoms with Gasteiger partial charge in [-0.3, -0.25) is 5.73 Å². The third-order valence-corrected chi connectivity index (χ3v) is 0.363. The maximum Gasteiger partial charge on any atom is 0.436 e. The van der Waals surface area contributed by atoms with Crippen LogP contribution in [0.4, 0.5) is 4.79 Å². The van der Waals surface area contributed by atoms with Crippen molar-refractivity contribution < 1.29 is 19.7 Å². The summed E-state index contributed by atoms with van der Waals surface area (Å²) in [7, 11) is -0.582. The maximum absolute atomic E-state index is 9.71. The molecule has 0 aromatic heterocycles. The first kappa shape index (κ1) is 6.49. The standard InChI is InChI=1S/CH3N2O3P/c2-1(4)3-6-7-5/h(H3,2,3,4)/p+1. The van der Waals surface area contributed by atoms with Crippen LogP contribution < -0.4 is 11.2 Å². The van der Waals surface area contributed by atoms with Crippen molar-refractivity contribution in [3.63, 3.8) is 0 Å². The highest BCUT2D eigenvalue weighted by atomic mass is 31.1. The van der Waals surface area contributed by atoms with Crippen LogP contribution in [-0.4, -0.2) is 6.03 Å². The normalized spacial score (nSPS) is 8.71. The van der Waals surface area contributed by atoms with Gasteiger partial charge in [-0.2, -0.15) is 10.1 Å². The monoisotopic (exact) mass is 123 g/mol. The predicted octanol–water partition coefficient (Wildman–Crippen LogP) is -0.924. The highest BCUT2D eigenvalue weighted by molar-refractivity contribution is 7.17. The van der Waals surface area contributed by atoms with Crippen LogP contribution in [0.5, 0.6) is 0 Å². The van der Waals surface area contributed by atoms with Crippen molar-refractivity contribution in [2.45, 2.75) is 0 Å². The second-order valence-electron chi connectivity index (χ2n) is 0.691. The molecule has 0 aromatic carbocycles. The fourth-order valence-corrected chi connectivity index (χ4v) is 0.209. The maximum atomic E-state index is 9.71. The number of urea groups is 1. The number of hydrogen-bond donors (Lipinski definition) is 2. The molecular weight excluding hydrogens is 119 g/mol. The molecular formula is CH4N2O3P+. The molecule has 0 spiro atoms. The van der Waals surface area contributed by atoms with Gasteiger partial charge in [0.05, 0.1) is 0 Å². The molecule has 0 fully saturated rings. The Hall–Kier alpha value is -0.510. The molecule has 0 bridgehead atoms. The van der Waals surface area contributed by atoms with Crippen molar-refractivity contribution in [1.82, 2.24) is 5.48 Å². The van der Waals surface area contributed by atoms with E-state index in [2.05, 4.69) is 10.4 Å². The molecule has 5 nitrogen and oxygen atoms in total. The zero-order chi connectivity index (χ0) is 5.70. The molecule has 0 radical (unpaired) electrons. The third-order valence-electron chi connectivity index (χ3n) is 0.197. The summed E-state index contributed by atoms with van der Waals surface area (Å²) in [6, 6.07) is -0.622. The molecule has 40 valence electrons. The zero-order valence-corrected chi connectivity index (χ0v) is 4.27. The summed E-state index contributed by atoms with van der Waals surface area (Å²) in [6.07, 6.45) is 0. The van der Waals surface area contributed by atoms with E-state index < -0.39 is 14.7 Å². The van der Waals surface area contributed by atoms with E-state index in [1.165, 1.54) is 0 Å².